The number of guanidine groups is 1. The predicted octanol–water partition coefficient (Wildman–Crippen LogP) is -1.69. The largest absolute Gasteiger partial charge is 0.500 e. The molecule has 1 aromatic rings. The summed E-state index contributed by atoms with van der Waals surface area (Å²) < 4.78 is 38.5. The minimum atomic E-state index is -2.57. The van der Waals surface area contributed by atoms with Gasteiger partial charge in [-0.05, 0) is 63.6 Å². The van der Waals surface area contributed by atoms with Crippen molar-refractivity contribution in [2.75, 3.05) is 100 Å². The lowest BCUT2D eigenvalue weighted by Gasteiger charge is -2.26. The third-order valence-electron chi connectivity index (χ3n) is 10.1. The summed E-state index contributed by atoms with van der Waals surface area (Å²) in [5.74, 6) is -5.41. The van der Waals surface area contributed by atoms with Crippen molar-refractivity contribution in [3.63, 3.8) is 0 Å². The highest BCUT2D eigenvalue weighted by atomic mass is 28.4. The molecule has 0 saturated carbocycles. The van der Waals surface area contributed by atoms with Gasteiger partial charge in [0.05, 0.1) is 52.6 Å². The van der Waals surface area contributed by atoms with Crippen molar-refractivity contribution in [2.24, 2.45) is 16.5 Å². The van der Waals surface area contributed by atoms with E-state index in [0.717, 1.165) is 12.8 Å². The monoisotopic (exact) mass is 956 g/mol. The molecular formula is C42H73N9O14Si. The number of benzene rings is 1. The third-order valence-corrected chi connectivity index (χ3v) is 13.0. The second kappa shape index (κ2) is 34.5. The standard InChI is InChI=1S/C42H73N9O14Si/c1-59-66(60-2,61-3)27-11-20-63-22-24-65-26-25-64-23-21-62-19-10-17-45-16-8-7-14-33-40(57)50-34(28-31-12-5-4-6-13-31)41(58)51-35(29-37(53)54)38(55)47-30-36(52)48-32(39(56)49-33)15-9-18-46-42(43)44/h4-6,12-13,32-35,45H,7-11,14-30H2,1-3H3,(H,47,55)(H,48,52)(H,49,56)(H,50,57)(H,51,58)(H,53,54)(H4,43,44,46)/t32-,33-,34+,35-/m0/s1. The molecule has 24 heteroatoms. The van der Waals surface area contributed by atoms with Gasteiger partial charge in [-0.1, -0.05) is 30.3 Å². The number of unbranched alkanes of at least 4 members (excludes halogenated alkanes) is 1. The molecule has 1 aromatic carbocycles. The van der Waals surface area contributed by atoms with Crippen LogP contribution in [0.15, 0.2) is 35.3 Å². The molecule has 1 fully saturated rings. The SMILES string of the molecule is CO[Si](CCCOCCOCCOCCOCCCNCCCC[C@@H]1NC(=O)[C@H](CCCN=C(N)N)NC(=O)CNC(=O)[C@H](CC(=O)O)NC(=O)[C@@H](Cc2ccccc2)NC1=O)(OC)OC. The molecule has 66 heavy (non-hydrogen) atoms. The highest BCUT2D eigenvalue weighted by Gasteiger charge is 2.37. The number of rotatable bonds is 33. The Morgan fingerprint density at radius 3 is 1.77 bits per heavy atom. The van der Waals surface area contributed by atoms with Crippen LogP contribution in [0, 0.1) is 0 Å². The maximum Gasteiger partial charge on any atom is 0.500 e. The lowest BCUT2D eigenvalue weighted by atomic mass is 10.0. The molecular weight excluding hydrogens is 883 g/mol. The van der Waals surface area contributed by atoms with E-state index in [1.54, 1.807) is 51.7 Å². The van der Waals surface area contributed by atoms with Crippen LogP contribution in [-0.4, -0.2) is 180 Å². The Labute approximate surface area is 388 Å². The van der Waals surface area contributed by atoms with Crippen LogP contribution < -0.4 is 43.4 Å². The molecule has 0 unspecified atom stereocenters. The van der Waals surface area contributed by atoms with E-state index >= 15 is 0 Å². The summed E-state index contributed by atoms with van der Waals surface area (Å²) in [7, 11) is 2.19. The van der Waals surface area contributed by atoms with Gasteiger partial charge in [0.2, 0.25) is 29.5 Å². The quantitative estimate of drug-likeness (QED) is 0.0164. The number of nitrogens with one attached hydrogen (secondary N) is 6. The number of hydrogen-bond donors (Lipinski definition) is 9. The number of amides is 5. The van der Waals surface area contributed by atoms with E-state index in [4.69, 9.17) is 43.7 Å². The maximum atomic E-state index is 14.0. The Morgan fingerprint density at radius 2 is 1.18 bits per heavy atom. The normalized spacial score (nSPS) is 18.8. The Kier molecular flexibility index (Phi) is 30.0. The number of aliphatic carboxylic acids is 1. The minimum absolute atomic E-state index is 0.00857. The first-order valence-corrected chi connectivity index (χ1v) is 24.2. The molecule has 1 heterocycles. The first-order chi connectivity index (χ1) is 31.8. The first-order valence-electron chi connectivity index (χ1n) is 22.3. The minimum Gasteiger partial charge on any atom is -0.481 e. The Balaban J connectivity index is 1.87. The van der Waals surface area contributed by atoms with Gasteiger partial charge in [-0.3, -0.25) is 33.8 Å². The number of nitrogens with two attached hydrogens (primary N) is 2. The van der Waals surface area contributed by atoms with Crippen molar-refractivity contribution in [1.29, 1.82) is 0 Å². The van der Waals surface area contributed by atoms with E-state index in [-0.39, 0.29) is 38.2 Å². The highest BCUT2D eigenvalue weighted by Crippen LogP contribution is 2.15. The Morgan fingerprint density at radius 1 is 0.667 bits per heavy atom. The average molecular weight is 956 g/mol. The van der Waals surface area contributed by atoms with Crippen LogP contribution in [0.25, 0.3) is 0 Å². The molecule has 0 aromatic heterocycles. The van der Waals surface area contributed by atoms with Gasteiger partial charge < -0.3 is 80.7 Å². The van der Waals surface area contributed by atoms with Crippen molar-refractivity contribution < 1.29 is 66.1 Å². The zero-order chi connectivity index (χ0) is 48.4. The average Bonchev–Trinajstić information content (AvgIpc) is 3.30. The molecule has 1 aliphatic rings. The molecule has 4 atom stereocenters. The van der Waals surface area contributed by atoms with E-state index < -0.39 is 81.4 Å². The lowest BCUT2D eigenvalue weighted by Crippen LogP contribution is -2.58. The van der Waals surface area contributed by atoms with Crippen LogP contribution in [0.2, 0.25) is 6.04 Å². The van der Waals surface area contributed by atoms with Crippen LogP contribution >= 0.6 is 0 Å². The van der Waals surface area contributed by atoms with Crippen molar-refractivity contribution >= 4 is 50.3 Å². The van der Waals surface area contributed by atoms with Gasteiger partial charge >= 0.3 is 14.8 Å². The summed E-state index contributed by atoms with van der Waals surface area (Å²) >= 11 is 0. The molecule has 0 radical (unpaired) electrons. The summed E-state index contributed by atoms with van der Waals surface area (Å²) in [6, 6.07) is 4.33. The van der Waals surface area contributed by atoms with E-state index in [1.807, 2.05) is 0 Å². The van der Waals surface area contributed by atoms with Crippen LogP contribution in [-0.2, 0) is 67.4 Å². The molecule has 0 aliphatic carbocycles. The second-order valence-corrected chi connectivity index (χ2v) is 18.3. The number of carboxylic acid groups (broad SMARTS) is 1. The molecule has 0 bridgehead atoms. The van der Waals surface area contributed by atoms with Crippen molar-refractivity contribution in [2.45, 2.75) is 88.0 Å². The van der Waals surface area contributed by atoms with Crippen molar-refractivity contribution in [1.82, 2.24) is 31.9 Å². The first kappa shape index (κ1) is 57.3. The van der Waals surface area contributed by atoms with Gasteiger partial charge in [0.25, 0.3) is 0 Å². The molecule has 11 N–H and O–H groups in total. The molecule has 5 amide bonds. The molecule has 1 saturated heterocycles. The predicted molar refractivity (Wildman–Crippen MR) is 244 cm³/mol. The second-order valence-electron chi connectivity index (χ2n) is 15.2. The fourth-order valence-electron chi connectivity index (χ4n) is 6.57. The zero-order valence-corrected chi connectivity index (χ0v) is 39.6. The number of hydrogen-bond acceptors (Lipinski definition) is 15. The van der Waals surface area contributed by atoms with Crippen molar-refractivity contribution in [3.05, 3.63) is 35.9 Å². The lowest BCUT2D eigenvalue weighted by molar-refractivity contribution is -0.141. The topological polar surface area (TPSA) is 324 Å². The van der Waals surface area contributed by atoms with Gasteiger partial charge in [0.1, 0.15) is 24.2 Å². The van der Waals surface area contributed by atoms with Crippen LogP contribution in [0.3, 0.4) is 0 Å². The zero-order valence-electron chi connectivity index (χ0n) is 38.6. The van der Waals surface area contributed by atoms with Gasteiger partial charge in [0.15, 0.2) is 5.96 Å². The van der Waals surface area contributed by atoms with E-state index in [0.29, 0.717) is 90.4 Å². The summed E-state index contributed by atoms with van der Waals surface area (Å²) in [5.41, 5.74) is 11.5. The van der Waals surface area contributed by atoms with Gasteiger partial charge in [0, 0.05) is 53.6 Å². The number of carboxylic acids is 1. The van der Waals surface area contributed by atoms with Crippen LogP contribution in [0.1, 0.15) is 56.9 Å². The number of nitrogens with zero attached hydrogens (tertiary/aromatic N) is 1. The van der Waals surface area contributed by atoms with Gasteiger partial charge in [-0.25, -0.2) is 0 Å². The Hall–Kier alpha value is -4.79. The molecule has 1 aliphatic heterocycles. The number of carbonyl (C=O) groups excluding carboxylic acids is 5. The summed E-state index contributed by atoms with van der Waals surface area (Å²) in [5, 5.41) is 25.6. The van der Waals surface area contributed by atoms with E-state index in [2.05, 4.69) is 36.9 Å². The van der Waals surface area contributed by atoms with E-state index in [1.165, 1.54) is 0 Å². The summed E-state index contributed by atoms with van der Waals surface area (Å²) in [4.78, 5) is 83.0. The van der Waals surface area contributed by atoms with Gasteiger partial charge in [-0.2, -0.15) is 0 Å². The molecule has 374 valence electrons. The third kappa shape index (κ3) is 25.2. The molecule has 23 nitrogen and oxygen atoms in total. The number of carbonyl (C=O) groups is 6. The summed E-state index contributed by atoms with van der Waals surface area (Å²) in [6.07, 6.45) is 2.38. The van der Waals surface area contributed by atoms with Gasteiger partial charge in [-0.15, -0.1) is 0 Å². The smallest absolute Gasteiger partial charge is 0.481 e. The fourth-order valence-corrected chi connectivity index (χ4v) is 8.26. The fraction of sp³-hybridized carbons (Fsp3) is 0.690. The molecule has 0 spiro atoms. The van der Waals surface area contributed by atoms with Crippen LogP contribution in [0.4, 0.5) is 0 Å². The maximum absolute atomic E-state index is 14.0. The number of ether oxygens (including phenoxy) is 4. The number of aliphatic imine (C=N–C) groups is 1. The highest BCUT2D eigenvalue weighted by molar-refractivity contribution is 6.60. The Bertz CT molecular complexity index is 1600. The van der Waals surface area contributed by atoms with Crippen LogP contribution in [0.5, 0.6) is 0 Å². The van der Waals surface area contributed by atoms with E-state index in [9.17, 15) is 33.9 Å². The van der Waals surface area contributed by atoms with Crippen molar-refractivity contribution in [3.8, 4) is 0 Å². The summed E-state index contributed by atoms with van der Waals surface area (Å²) in [6.45, 7) is 4.63. The molecule has 2 rings (SSSR count).